The number of hydrogen-bond acceptors (Lipinski definition) is 7. The van der Waals surface area contributed by atoms with Crippen molar-refractivity contribution < 1.29 is 24.6 Å². The van der Waals surface area contributed by atoms with Gasteiger partial charge in [-0.25, -0.2) is 0 Å². The summed E-state index contributed by atoms with van der Waals surface area (Å²) in [6, 6.07) is -0.473. The first-order valence-electron chi connectivity index (χ1n) is 8.29. The van der Waals surface area contributed by atoms with Crippen molar-refractivity contribution in [2.75, 3.05) is 0 Å². The van der Waals surface area contributed by atoms with Gasteiger partial charge in [0.1, 0.15) is 34.6 Å². The van der Waals surface area contributed by atoms with E-state index in [-0.39, 0.29) is 5.25 Å². The van der Waals surface area contributed by atoms with Crippen LogP contribution in [0, 0.1) is 12.3 Å². The lowest BCUT2D eigenvalue weighted by molar-refractivity contribution is -0.203. The summed E-state index contributed by atoms with van der Waals surface area (Å²) in [6.45, 7) is 5.54. The zero-order valence-corrected chi connectivity index (χ0v) is 16.3. The second kappa shape index (κ2) is 8.63. The zero-order chi connectivity index (χ0) is 18.8. The topological polar surface area (TPSA) is 105 Å². The molecule has 8 heteroatoms. The lowest BCUT2D eigenvalue weighted by Gasteiger charge is -2.44. The molecule has 25 heavy (non-hydrogen) atoms. The molecule has 0 radical (unpaired) electrons. The summed E-state index contributed by atoms with van der Waals surface area (Å²) in [5.41, 5.74) is -0.761. The molecule has 0 aromatic carbocycles. The van der Waals surface area contributed by atoms with Crippen molar-refractivity contribution >= 4 is 23.1 Å². The van der Waals surface area contributed by atoms with Crippen molar-refractivity contribution in [3.63, 3.8) is 0 Å². The Bertz CT molecular complexity index is 518. The maximum absolute atomic E-state index is 12.5. The van der Waals surface area contributed by atoms with E-state index in [1.807, 2.05) is 32.9 Å². The average Bonchev–Trinajstić information content (AvgIpc) is 2.55. The maximum atomic E-state index is 12.5. The van der Waals surface area contributed by atoms with Gasteiger partial charge in [0.05, 0.1) is 11.3 Å². The predicted octanol–water partition coefficient (Wildman–Crippen LogP) is 0.299. The van der Waals surface area contributed by atoms with Crippen LogP contribution in [0.15, 0.2) is 12.2 Å². The lowest BCUT2D eigenvalue weighted by atomic mass is 9.93. The number of thioether (sulfide) groups is 1. The molecule has 2 bridgehead atoms. The molecule has 0 saturated carbocycles. The third-order valence-electron chi connectivity index (χ3n) is 4.21. The zero-order valence-electron chi connectivity index (χ0n) is 14.7. The van der Waals surface area contributed by atoms with Crippen LogP contribution in [0.25, 0.3) is 0 Å². The van der Waals surface area contributed by atoms with E-state index in [4.69, 9.17) is 11.2 Å². The van der Waals surface area contributed by atoms with Crippen LogP contribution in [0.5, 0.6) is 0 Å². The minimum atomic E-state index is -1.37. The van der Waals surface area contributed by atoms with Gasteiger partial charge < -0.3 is 24.6 Å². The molecule has 1 saturated heterocycles. The highest BCUT2D eigenvalue weighted by Crippen LogP contribution is 2.35. The van der Waals surface area contributed by atoms with Gasteiger partial charge in [0.25, 0.3) is 0 Å². The van der Waals surface area contributed by atoms with Crippen LogP contribution < -0.4 is 4.72 Å². The predicted molar refractivity (Wildman–Crippen MR) is 100 cm³/mol. The molecule has 142 valence electrons. The fraction of sp³-hybridized carbons (Fsp3) is 0.765. The molecule has 0 aliphatic carbocycles. The molecular formula is C17H27NO5S2. The summed E-state index contributed by atoms with van der Waals surface area (Å²) in [5.74, 6) is 2.65. The minimum Gasteiger partial charge on any atom is -0.598 e. The van der Waals surface area contributed by atoms with E-state index in [2.05, 4.69) is 10.6 Å². The van der Waals surface area contributed by atoms with Crippen molar-refractivity contribution in [2.24, 2.45) is 0 Å². The standard InChI is InChI=1S/C17H27NO5S2/c1-5-10-8-6-7-9-11(18-25(22)17(2,3)4)15-13(20)12(19)14(21)16(23-15)24-10/h1,6-7,10-16,18-21H,8-9H2,2-4H3/t10-,11-,12+,13-,14-,15-,16-,25?/m1/s1. The Morgan fingerprint density at radius 3 is 2.44 bits per heavy atom. The second-order valence-corrected chi connectivity index (χ2v) is 10.6. The van der Waals surface area contributed by atoms with Crippen LogP contribution in [-0.4, -0.2) is 65.8 Å². The molecule has 2 aliphatic rings. The summed E-state index contributed by atoms with van der Waals surface area (Å²) in [7, 11) is 0. The van der Waals surface area contributed by atoms with Gasteiger partial charge in [0, 0.05) is 11.4 Å². The van der Waals surface area contributed by atoms with Gasteiger partial charge in [-0.1, -0.05) is 18.1 Å². The van der Waals surface area contributed by atoms with Crippen molar-refractivity contribution in [1.29, 1.82) is 0 Å². The highest BCUT2D eigenvalue weighted by molar-refractivity contribution is 8.00. The quantitative estimate of drug-likeness (QED) is 0.306. The van der Waals surface area contributed by atoms with Crippen LogP contribution in [0.2, 0.25) is 0 Å². The van der Waals surface area contributed by atoms with Crippen molar-refractivity contribution in [1.82, 2.24) is 4.72 Å². The number of hydrogen-bond donors (Lipinski definition) is 4. The van der Waals surface area contributed by atoms with Gasteiger partial charge in [-0.3, -0.25) is 0 Å². The molecule has 0 amide bonds. The Balaban J connectivity index is 2.27. The lowest BCUT2D eigenvalue weighted by Crippen LogP contribution is -2.63. The molecule has 2 aliphatic heterocycles. The van der Waals surface area contributed by atoms with Gasteiger partial charge >= 0.3 is 0 Å². The largest absolute Gasteiger partial charge is 0.598 e. The summed E-state index contributed by atoms with van der Waals surface area (Å²) in [5, 5.41) is 30.7. The molecule has 6 nitrogen and oxygen atoms in total. The van der Waals surface area contributed by atoms with Crippen LogP contribution >= 0.6 is 11.8 Å². The number of nitrogens with one attached hydrogen (secondary N) is 1. The van der Waals surface area contributed by atoms with Gasteiger partial charge in [0.15, 0.2) is 0 Å². The summed E-state index contributed by atoms with van der Waals surface area (Å²) >= 11 is -0.120. The van der Waals surface area contributed by atoms with E-state index in [1.165, 1.54) is 11.8 Å². The van der Waals surface area contributed by atoms with E-state index in [0.29, 0.717) is 12.8 Å². The molecule has 2 rings (SSSR count). The van der Waals surface area contributed by atoms with E-state index in [0.717, 1.165) is 0 Å². The SMILES string of the molecule is C#C[C@@H]1CC=CC[C@@H](N[S+]([O-])C(C)(C)C)[C@H]2O[C@H](S1)[C@H](O)[C@@H](O)[C@H]2O. The Hall–Kier alpha value is -0.240. The monoisotopic (exact) mass is 389 g/mol. The van der Waals surface area contributed by atoms with Crippen molar-refractivity contribution in [3.8, 4) is 12.3 Å². The first-order chi connectivity index (χ1) is 11.6. The Morgan fingerprint density at radius 2 is 1.84 bits per heavy atom. The Kier molecular flexibility index (Phi) is 7.27. The van der Waals surface area contributed by atoms with E-state index >= 15 is 0 Å². The van der Waals surface area contributed by atoms with E-state index in [1.54, 1.807) is 0 Å². The Labute approximate surface area is 156 Å². The summed E-state index contributed by atoms with van der Waals surface area (Å²) in [4.78, 5) is 0. The van der Waals surface area contributed by atoms with Crippen LogP contribution in [0.4, 0.5) is 0 Å². The molecule has 8 atom stereocenters. The van der Waals surface area contributed by atoms with Crippen molar-refractivity contribution in [2.45, 2.75) is 79.5 Å². The number of fused-ring (bicyclic) bond motifs is 2. The third-order valence-corrected chi connectivity index (χ3v) is 7.15. The fourth-order valence-electron chi connectivity index (χ4n) is 2.67. The maximum Gasteiger partial charge on any atom is 0.136 e. The normalized spacial score (nSPS) is 41.0. The van der Waals surface area contributed by atoms with E-state index < -0.39 is 52.0 Å². The smallest absolute Gasteiger partial charge is 0.136 e. The fourth-order valence-corrected chi connectivity index (χ4v) is 4.67. The van der Waals surface area contributed by atoms with Gasteiger partial charge in [-0.2, -0.15) is 0 Å². The van der Waals surface area contributed by atoms with Crippen LogP contribution in [-0.2, 0) is 16.1 Å². The van der Waals surface area contributed by atoms with Gasteiger partial charge in [-0.15, -0.1) is 22.9 Å². The van der Waals surface area contributed by atoms with Crippen LogP contribution in [0.3, 0.4) is 0 Å². The first kappa shape index (κ1) is 21.1. The molecular weight excluding hydrogens is 362 g/mol. The highest BCUT2D eigenvalue weighted by atomic mass is 32.2. The molecule has 1 unspecified atom stereocenters. The number of allylic oxidation sites excluding steroid dienone is 1. The van der Waals surface area contributed by atoms with Crippen molar-refractivity contribution in [3.05, 3.63) is 12.2 Å². The molecule has 0 aromatic heterocycles. The Morgan fingerprint density at radius 1 is 1.20 bits per heavy atom. The summed E-state index contributed by atoms with van der Waals surface area (Å²) in [6.07, 6.45) is 5.74. The number of aliphatic hydroxyl groups is 3. The molecule has 4 N–H and O–H groups in total. The molecule has 0 aromatic rings. The highest BCUT2D eigenvalue weighted by Gasteiger charge is 2.48. The van der Waals surface area contributed by atoms with E-state index in [9.17, 15) is 19.9 Å². The molecule has 1 fully saturated rings. The molecule has 2 heterocycles. The van der Waals surface area contributed by atoms with Gasteiger partial charge in [0.2, 0.25) is 0 Å². The molecule has 0 spiro atoms. The number of aliphatic hydroxyl groups excluding tert-OH is 3. The third kappa shape index (κ3) is 5.15. The minimum absolute atomic E-state index is 0.202. The second-order valence-electron chi connectivity index (χ2n) is 7.28. The number of rotatable bonds is 2. The van der Waals surface area contributed by atoms with Gasteiger partial charge in [-0.05, 0) is 33.6 Å². The number of terminal acetylenes is 1. The van der Waals surface area contributed by atoms with Crippen LogP contribution in [0.1, 0.15) is 33.6 Å². The first-order valence-corrected chi connectivity index (χ1v) is 10.4. The number of ether oxygens (including phenoxy) is 1. The average molecular weight is 390 g/mol. The summed E-state index contributed by atoms with van der Waals surface area (Å²) < 4.78 is 20.9.